The summed E-state index contributed by atoms with van der Waals surface area (Å²) in [5, 5.41) is 18.5. The lowest BCUT2D eigenvalue weighted by Crippen LogP contribution is -1.98. The summed E-state index contributed by atoms with van der Waals surface area (Å²) in [5.74, 6) is -1.10. The summed E-state index contributed by atoms with van der Waals surface area (Å²) in [6.45, 7) is 0. The molecule has 2 rings (SSSR count). The van der Waals surface area contributed by atoms with Gasteiger partial charge in [-0.2, -0.15) is 15.4 Å². The molecule has 0 aliphatic rings. The molecule has 2 N–H and O–H groups in total. The van der Waals surface area contributed by atoms with E-state index >= 15 is 0 Å². The van der Waals surface area contributed by atoms with Gasteiger partial charge in [0.2, 0.25) is 0 Å². The van der Waals surface area contributed by atoms with E-state index in [4.69, 9.17) is 5.11 Å². The largest absolute Gasteiger partial charge is 0.478 e. The third-order valence-electron chi connectivity index (χ3n) is 1.83. The first-order valence-electron chi connectivity index (χ1n) is 3.75. The fraction of sp³-hybridized carbons (Fsp3) is 0. The van der Waals surface area contributed by atoms with Crippen LogP contribution < -0.4 is 0 Å². The molecule has 1 heterocycles. The summed E-state index contributed by atoms with van der Waals surface area (Å²) >= 11 is 0. The number of carboxylic acids is 1. The van der Waals surface area contributed by atoms with E-state index in [0.717, 1.165) is 0 Å². The molecule has 0 bridgehead atoms. The fourth-order valence-corrected chi connectivity index (χ4v) is 1.19. The van der Waals surface area contributed by atoms with Crippen LogP contribution in [0.3, 0.4) is 0 Å². The maximum absolute atomic E-state index is 10.7. The van der Waals surface area contributed by atoms with Crippen molar-refractivity contribution in [3.63, 3.8) is 0 Å². The van der Waals surface area contributed by atoms with E-state index in [1.54, 1.807) is 0 Å². The number of rotatable bonds is 2. The third-order valence-corrected chi connectivity index (χ3v) is 1.83. The van der Waals surface area contributed by atoms with Gasteiger partial charge in [-0.3, -0.25) is 4.79 Å². The second kappa shape index (κ2) is 2.91. The van der Waals surface area contributed by atoms with E-state index in [2.05, 4.69) is 15.4 Å². The number of carboxylic acid groups (broad SMARTS) is 1. The van der Waals surface area contributed by atoms with Crippen molar-refractivity contribution in [1.82, 2.24) is 15.4 Å². The SMILES string of the molecule is O=Cc1cc(C(=O)O)cc2n[nH]nc12. The van der Waals surface area contributed by atoms with Crippen LogP contribution in [0, 0.1) is 0 Å². The zero-order chi connectivity index (χ0) is 10.1. The van der Waals surface area contributed by atoms with Gasteiger partial charge in [0, 0.05) is 5.56 Å². The molecule has 6 nitrogen and oxygen atoms in total. The molecule has 0 spiro atoms. The van der Waals surface area contributed by atoms with Gasteiger partial charge in [0.05, 0.1) is 5.56 Å². The first kappa shape index (κ1) is 8.36. The van der Waals surface area contributed by atoms with Gasteiger partial charge in [0.1, 0.15) is 11.0 Å². The zero-order valence-corrected chi connectivity index (χ0v) is 6.89. The average Bonchev–Trinajstić information content (AvgIpc) is 2.63. The Balaban J connectivity index is 2.79. The zero-order valence-electron chi connectivity index (χ0n) is 6.89. The van der Waals surface area contributed by atoms with Crippen LogP contribution in [-0.2, 0) is 0 Å². The molecule has 0 unspecified atom stereocenters. The first-order chi connectivity index (χ1) is 6.72. The Bertz CT molecular complexity index is 518. The van der Waals surface area contributed by atoms with Crippen molar-refractivity contribution in [1.29, 1.82) is 0 Å². The fourth-order valence-electron chi connectivity index (χ4n) is 1.19. The maximum Gasteiger partial charge on any atom is 0.335 e. The van der Waals surface area contributed by atoms with Gasteiger partial charge in [0.25, 0.3) is 0 Å². The molecule has 0 saturated carbocycles. The second-order valence-corrected chi connectivity index (χ2v) is 2.68. The number of nitrogens with zero attached hydrogens (tertiary/aromatic N) is 2. The lowest BCUT2D eigenvalue weighted by atomic mass is 10.1. The summed E-state index contributed by atoms with van der Waals surface area (Å²) in [7, 11) is 0. The molecule has 0 aliphatic heterocycles. The monoisotopic (exact) mass is 191 g/mol. The van der Waals surface area contributed by atoms with Crippen LogP contribution in [0.5, 0.6) is 0 Å². The molecule has 0 amide bonds. The van der Waals surface area contributed by atoms with Gasteiger partial charge in [-0.05, 0) is 12.1 Å². The molecule has 6 heteroatoms. The number of aromatic nitrogens is 3. The number of fused-ring (bicyclic) bond motifs is 1. The minimum atomic E-state index is -1.10. The molecule has 70 valence electrons. The summed E-state index contributed by atoms with van der Waals surface area (Å²) in [4.78, 5) is 21.3. The lowest BCUT2D eigenvalue weighted by molar-refractivity contribution is 0.0697. The van der Waals surface area contributed by atoms with Gasteiger partial charge < -0.3 is 5.11 Å². The van der Waals surface area contributed by atoms with Crippen LogP contribution in [0.15, 0.2) is 12.1 Å². The summed E-state index contributed by atoms with van der Waals surface area (Å²) in [6.07, 6.45) is 0.553. The van der Waals surface area contributed by atoms with Crippen LogP contribution in [0.4, 0.5) is 0 Å². The molecule has 2 aromatic rings. The van der Waals surface area contributed by atoms with Crippen molar-refractivity contribution >= 4 is 23.3 Å². The summed E-state index contributed by atoms with van der Waals surface area (Å²) < 4.78 is 0. The molecule has 0 atom stereocenters. The van der Waals surface area contributed by atoms with E-state index in [1.165, 1.54) is 12.1 Å². The predicted octanol–water partition coefficient (Wildman–Crippen LogP) is 0.469. The maximum atomic E-state index is 10.7. The van der Waals surface area contributed by atoms with E-state index in [9.17, 15) is 9.59 Å². The number of aldehydes is 1. The molecule has 0 fully saturated rings. The van der Waals surface area contributed by atoms with Gasteiger partial charge in [-0.15, -0.1) is 0 Å². The Hall–Kier alpha value is -2.24. The Labute approximate surface area is 77.5 Å². The van der Waals surface area contributed by atoms with Crippen molar-refractivity contribution < 1.29 is 14.7 Å². The van der Waals surface area contributed by atoms with Crippen LogP contribution >= 0.6 is 0 Å². The molecule has 1 aromatic heterocycles. The van der Waals surface area contributed by atoms with Crippen molar-refractivity contribution in [2.75, 3.05) is 0 Å². The van der Waals surface area contributed by atoms with Crippen LogP contribution in [0.1, 0.15) is 20.7 Å². The van der Waals surface area contributed by atoms with Gasteiger partial charge in [-0.1, -0.05) is 0 Å². The average molecular weight is 191 g/mol. The predicted molar refractivity (Wildman–Crippen MR) is 46.2 cm³/mol. The number of H-pyrrole nitrogens is 1. The lowest BCUT2D eigenvalue weighted by Gasteiger charge is -1.95. The van der Waals surface area contributed by atoms with Crippen LogP contribution in [0.2, 0.25) is 0 Å². The van der Waals surface area contributed by atoms with E-state index in [1.807, 2.05) is 0 Å². The minimum absolute atomic E-state index is 0.0218. The van der Waals surface area contributed by atoms with Crippen molar-refractivity contribution in [2.45, 2.75) is 0 Å². The molecular formula is C8H5N3O3. The number of carbonyl (C=O) groups is 2. The smallest absolute Gasteiger partial charge is 0.335 e. The number of benzene rings is 1. The quantitative estimate of drug-likeness (QED) is 0.672. The Morgan fingerprint density at radius 2 is 2.21 bits per heavy atom. The Morgan fingerprint density at radius 1 is 1.43 bits per heavy atom. The topological polar surface area (TPSA) is 95.9 Å². The van der Waals surface area contributed by atoms with Crippen molar-refractivity contribution in [3.8, 4) is 0 Å². The van der Waals surface area contributed by atoms with E-state index in [-0.39, 0.29) is 11.1 Å². The van der Waals surface area contributed by atoms with Crippen molar-refractivity contribution in [2.24, 2.45) is 0 Å². The molecule has 1 aromatic carbocycles. The number of aromatic amines is 1. The second-order valence-electron chi connectivity index (χ2n) is 2.68. The molecule has 14 heavy (non-hydrogen) atoms. The van der Waals surface area contributed by atoms with E-state index in [0.29, 0.717) is 17.3 Å². The number of hydrogen-bond acceptors (Lipinski definition) is 4. The van der Waals surface area contributed by atoms with Gasteiger partial charge in [0.15, 0.2) is 6.29 Å². The first-order valence-corrected chi connectivity index (χ1v) is 3.75. The number of nitrogens with one attached hydrogen (secondary N) is 1. The van der Waals surface area contributed by atoms with E-state index < -0.39 is 5.97 Å². The number of aromatic carboxylic acids is 1. The molecule has 0 aliphatic carbocycles. The highest BCUT2D eigenvalue weighted by molar-refractivity contribution is 6.00. The van der Waals surface area contributed by atoms with Gasteiger partial charge in [-0.25, -0.2) is 4.79 Å². The standard InChI is InChI=1S/C8H5N3O3/c12-3-5-1-4(8(13)14)2-6-7(5)10-11-9-6/h1-3H,(H,13,14)(H,9,10,11). The minimum Gasteiger partial charge on any atom is -0.478 e. The summed E-state index contributed by atoms with van der Waals surface area (Å²) in [6, 6.07) is 2.62. The number of carbonyl (C=O) groups excluding carboxylic acids is 1. The molecular weight excluding hydrogens is 186 g/mol. The number of hydrogen-bond donors (Lipinski definition) is 2. The van der Waals surface area contributed by atoms with Gasteiger partial charge >= 0.3 is 5.97 Å². The molecule has 0 radical (unpaired) electrons. The summed E-state index contributed by atoms with van der Waals surface area (Å²) in [5.41, 5.74) is 0.985. The highest BCUT2D eigenvalue weighted by atomic mass is 16.4. The highest BCUT2D eigenvalue weighted by Gasteiger charge is 2.10. The molecule has 0 saturated heterocycles. The highest BCUT2D eigenvalue weighted by Crippen LogP contribution is 2.15. The van der Waals surface area contributed by atoms with Crippen LogP contribution in [0.25, 0.3) is 11.0 Å². The van der Waals surface area contributed by atoms with Crippen molar-refractivity contribution in [3.05, 3.63) is 23.3 Å². The Kier molecular flexibility index (Phi) is 1.74. The Morgan fingerprint density at radius 3 is 2.86 bits per heavy atom. The third kappa shape index (κ3) is 1.13. The normalized spacial score (nSPS) is 10.3. The van der Waals surface area contributed by atoms with Crippen LogP contribution in [-0.4, -0.2) is 32.8 Å².